The van der Waals surface area contributed by atoms with Gasteiger partial charge in [0, 0.05) is 25.5 Å². The molecule has 2 aromatic heterocycles. The van der Waals surface area contributed by atoms with E-state index in [0.717, 1.165) is 17.8 Å². The van der Waals surface area contributed by atoms with Gasteiger partial charge < -0.3 is 10.6 Å². The second kappa shape index (κ2) is 8.33. The summed E-state index contributed by atoms with van der Waals surface area (Å²) < 4.78 is 12.7. The summed E-state index contributed by atoms with van der Waals surface area (Å²) in [5.41, 5.74) is 1.03. The van der Waals surface area contributed by atoms with Crippen molar-refractivity contribution in [2.24, 2.45) is 0 Å². The first-order chi connectivity index (χ1) is 10.3. The van der Waals surface area contributed by atoms with Crippen molar-refractivity contribution in [2.75, 3.05) is 18.4 Å². The largest absolute Gasteiger partial charge is 0.370 e. The van der Waals surface area contributed by atoms with Crippen LogP contribution in [0.25, 0.3) is 0 Å². The molecule has 2 rings (SSSR count). The number of halogens is 1. The van der Waals surface area contributed by atoms with Gasteiger partial charge in [-0.1, -0.05) is 12.2 Å². The minimum absolute atomic E-state index is 0.341. The van der Waals surface area contributed by atoms with Crippen molar-refractivity contribution in [1.82, 2.24) is 20.3 Å². The summed E-state index contributed by atoms with van der Waals surface area (Å²) in [5.74, 6) is 1.05. The highest BCUT2D eigenvalue weighted by atomic mass is 32.1. The average Bonchev–Trinajstić information content (AvgIpc) is 2.51. The van der Waals surface area contributed by atoms with E-state index in [1.54, 1.807) is 23.8 Å². The summed E-state index contributed by atoms with van der Waals surface area (Å²) in [5, 5.41) is 7.85. The monoisotopic (exact) mass is 305 g/mol. The van der Waals surface area contributed by atoms with Gasteiger partial charge in [0.05, 0.1) is 12.7 Å². The zero-order valence-corrected chi connectivity index (χ0v) is 12.2. The SMILES string of the molecule is Fc1ccc(NCCc2cnc(CNCC=S)nc2)nc1. The highest BCUT2D eigenvalue weighted by molar-refractivity contribution is 7.79. The quantitative estimate of drug-likeness (QED) is 0.572. The second-order valence-electron chi connectivity index (χ2n) is 4.34. The lowest BCUT2D eigenvalue weighted by molar-refractivity contribution is 0.621. The third-order valence-corrected chi connectivity index (χ3v) is 2.88. The molecule has 0 saturated heterocycles. The summed E-state index contributed by atoms with van der Waals surface area (Å²) in [7, 11) is 0. The highest BCUT2D eigenvalue weighted by Gasteiger charge is 1.99. The number of thiocarbonyl (C=S) groups is 1. The van der Waals surface area contributed by atoms with E-state index in [9.17, 15) is 4.39 Å². The molecule has 0 aliphatic heterocycles. The van der Waals surface area contributed by atoms with E-state index < -0.39 is 0 Å². The highest BCUT2D eigenvalue weighted by Crippen LogP contribution is 2.04. The molecule has 110 valence electrons. The van der Waals surface area contributed by atoms with E-state index in [-0.39, 0.29) is 5.82 Å². The number of anilines is 1. The lowest BCUT2D eigenvalue weighted by Gasteiger charge is -2.06. The number of hydrogen-bond donors (Lipinski definition) is 2. The van der Waals surface area contributed by atoms with Gasteiger partial charge in [0.15, 0.2) is 0 Å². The molecule has 2 N–H and O–H groups in total. The van der Waals surface area contributed by atoms with Crippen LogP contribution in [0.1, 0.15) is 11.4 Å². The van der Waals surface area contributed by atoms with Crippen LogP contribution in [0.2, 0.25) is 0 Å². The number of rotatable bonds is 8. The Balaban J connectivity index is 1.75. The van der Waals surface area contributed by atoms with Crippen molar-refractivity contribution in [3.63, 3.8) is 0 Å². The van der Waals surface area contributed by atoms with Crippen LogP contribution in [-0.4, -0.2) is 33.4 Å². The van der Waals surface area contributed by atoms with Crippen molar-refractivity contribution in [3.05, 3.63) is 47.9 Å². The van der Waals surface area contributed by atoms with Gasteiger partial charge in [0.1, 0.15) is 17.5 Å². The van der Waals surface area contributed by atoms with Crippen molar-refractivity contribution in [1.29, 1.82) is 0 Å². The molecular formula is C14H16FN5S. The van der Waals surface area contributed by atoms with E-state index in [4.69, 9.17) is 12.2 Å². The molecule has 5 nitrogen and oxygen atoms in total. The van der Waals surface area contributed by atoms with Gasteiger partial charge in [0.25, 0.3) is 0 Å². The number of hydrogen-bond acceptors (Lipinski definition) is 6. The fourth-order valence-electron chi connectivity index (χ4n) is 1.66. The Morgan fingerprint density at radius 2 is 1.95 bits per heavy atom. The van der Waals surface area contributed by atoms with Crippen LogP contribution < -0.4 is 10.6 Å². The van der Waals surface area contributed by atoms with E-state index in [1.165, 1.54) is 12.3 Å². The zero-order chi connectivity index (χ0) is 14.9. The number of pyridine rings is 1. The first-order valence-electron chi connectivity index (χ1n) is 6.57. The molecule has 2 heterocycles. The molecular weight excluding hydrogens is 289 g/mol. The Bertz CT molecular complexity index is 559. The Labute approximate surface area is 128 Å². The van der Waals surface area contributed by atoms with Crippen molar-refractivity contribution in [3.8, 4) is 0 Å². The van der Waals surface area contributed by atoms with Gasteiger partial charge in [-0.05, 0) is 29.5 Å². The van der Waals surface area contributed by atoms with Gasteiger partial charge >= 0.3 is 0 Å². The number of aromatic nitrogens is 3. The Morgan fingerprint density at radius 1 is 1.14 bits per heavy atom. The third-order valence-electron chi connectivity index (χ3n) is 2.72. The lowest BCUT2D eigenvalue weighted by atomic mass is 10.2. The summed E-state index contributed by atoms with van der Waals surface area (Å²) >= 11 is 4.72. The van der Waals surface area contributed by atoms with Gasteiger partial charge in [0.2, 0.25) is 0 Å². The van der Waals surface area contributed by atoms with Crippen LogP contribution in [0.15, 0.2) is 30.7 Å². The maximum absolute atomic E-state index is 12.7. The molecule has 0 aromatic carbocycles. The van der Waals surface area contributed by atoms with Crippen LogP contribution >= 0.6 is 12.2 Å². The van der Waals surface area contributed by atoms with Gasteiger partial charge in [-0.25, -0.2) is 19.3 Å². The molecule has 0 bridgehead atoms. The zero-order valence-electron chi connectivity index (χ0n) is 11.4. The van der Waals surface area contributed by atoms with Crippen LogP contribution in [0, 0.1) is 5.82 Å². The smallest absolute Gasteiger partial charge is 0.141 e. The van der Waals surface area contributed by atoms with Crippen LogP contribution in [-0.2, 0) is 13.0 Å². The summed E-state index contributed by atoms with van der Waals surface area (Å²) in [6, 6.07) is 2.98. The molecule has 21 heavy (non-hydrogen) atoms. The predicted octanol–water partition coefficient (Wildman–Crippen LogP) is 1.75. The Hall–Kier alpha value is -1.99. The van der Waals surface area contributed by atoms with Crippen molar-refractivity contribution < 1.29 is 4.39 Å². The first-order valence-corrected chi connectivity index (χ1v) is 7.04. The maximum atomic E-state index is 12.7. The lowest BCUT2D eigenvalue weighted by Crippen LogP contribution is -2.17. The molecule has 0 radical (unpaired) electrons. The van der Waals surface area contributed by atoms with Crippen LogP contribution in [0.4, 0.5) is 10.2 Å². The van der Waals surface area contributed by atoms with E-state index in [0.29, 0.717) is 25.5 Å². The van der Waals surface area contributed by atoms with Crippen LogP contribution in [0.5, 0.6) is 0 Å². The van der Waals surface area contributed by atoms with E-state index in [1.807, 2.05) is 0 Å². The second-order valence-corrected chi connectivity index (χ2v) is 4.68. The molecule has 0 saturated carbocycles. The molecule has 0 unspecified atom stereocenters. The van der Waals surface area contributed by atoms with Gasteiger partial charge in [-0.15, -0.1) is 0 Å². The molecule has 0 aliphatic carbocycles. The van der Waals surface area contributed by atoms with Crippen molar-refractivity contribution in [2.45, 2.75) is 13.0 Å². The summed E-state index contributed by atoms with van der Waals surface area (Å²) in [6.07, 6.45) is 5.57. The number of nitrogens with zero attached hydrogens (tertiary/aromatic N) is 3. The minimum atomic E-state index is -0.341. The van der Waals surface area contributed by atoms with E-state index in [2.05, 4.69) is 25.6 Å². The molecule has 7 heteroatoms. The maximum Gasteiger partial charge on any atom is 0.141 e. The fraction of sp³-hybridized carbons (Fsp3) is 0.286. The Kier molecular flexibility index (Phi) is 6.11. The normalized spacial score (nSPS) is 10.3. The van der Waals surface area contributed by atoms with Crippen molar-refractivity contribution >= 4 is 23.4 Å². The predicted molar refractivity (Wildman–Crippen MR) is 83.8 cm³/mol. The summed E-state index contributed by atoms with van der Waals surface area (Å²) in [6.45, 7) is 1.95. The fourth-order valence-corrected chi connectivity index (χ4v) is 1.78. The van der Waals surface area contributed by atoms with Gasteiger partial charge in [-0.3, -0.25) is 0 Å². The number of nitrogens with one attached hydrogen (secondary N) is 2. The summed E-state index contributed by atoms with van der Waals surface area (Å²) in [4.78, 5) is 12.5. The molecule has 2 aromatic rings. The minimum Gasteiger partial charge on any atom is -0.370 e. The average molecular weight is 305 g/mol. The molecule has 0 amide bonds. The molecule has 0 atom stereocenters. The van der Waals surface area contributed by atoms with Crippen LogP contribution in [0.3, 0.4) is 0 Å². The standard InChI is InChI=1S/C14H16FN5S/c15-12-1-2-13(20-9-12)17-4-3-11-7-18-14(19-8-11)10-16-5-6-21/h1-2,6-9,16H,3-5,10H2,(H,17,20). The first kappa shape index (κ1) is 15.4. The van der Waals surface area contributed by atoms with E-state index >= 15 is 0 Å². The Morgan fingerprint density at radius 3 is 2.62 bits per heavy atom. The molecule has 0 spiro atoms. The molecule has 0 fully saturated rings. The topological polar surface area (TPSA) is 62.7 Å². The molecule has 0 aliphatic rings. The third kappa shape index (κ3) is 5.49. The van der Waals surface area contributed by atoms with Gasteiger partial charge in [-0.2, -0.15) is 0 Å².